The number of aromatic nitrogens is 2. The van der Waals surface area contributed by atoms with Gasteiger partial charge in [0.25, 0.3) is 0 Å². The van der Waals surface area contributed by atoms with Gasteiger partial charge < -0.3 is 15.4 Å². The van der Waals surface area contributed by atoms with E-state index >= 15 is 0 Å². The zero-order valence-electron chi connectivity index (χ0n) is 10.4. The van der Waals surface area contributed by atoms with E-state index in [0.29, 0.717) is 6.54 Å². The van der Waals surface area contributed by atoms with Gasteiger partial charge in [-0.15, -0.1) is 0 Å². The molecular weight excluding hydrogens is 222 g/mol. The summed E-state index contributed by atoms with van der Waals surface area (Å²) in [5.41, 5.74) is 1.47. The highest BCUT2D eigenvalue weighted by Gasteiger charge is 2.08. The van der Waals surface area contributed by atoms with E-state index in [-0.39, 0.29) is 24.6 Å². The van der Waals surface area contributed by atoms with Gasteiger partial charge in [-0.25, -0.2) is 4.79 Å². The van der Waals surface area contributed by atoms with Gasteiger partial charge in [0, 0.05) is 30.9 Å². The van der Waals surface area contributed by atoms with Gasteiger partial charge in [-0.2, -0.15) is 0 Å². The summed E-state index contributed by atoms with van der Waals surface area (Å²) in [4.78, 5) is 25.6. The molecule has 0 aromatic carbocycles. The Balaban J connectivity index is 2.50. The van der Waals surface area contributed by atoms with Crippen LogP contribution in [0.5, 0.6) is 0 Å². The third-order valence-corrected chi connectivity index (χ3v) is 2.64. The Kier molecular flexibility index (Phi) is 4.51. The minimum Gasteiger partial charge on any atom is -0.392 e. The van der Waals surface area contributed by atoms with E-state index in [2.05, 4.69) is 10.3 Å². The van der Waals surface area contributed by atoms with Crippen LogP contribution in [0.3, 0.4) is 0 Å². The molecule has 1 unspecified atom stereocenters. The zero-order valence-corrected chi connectivity index (χ0v) is 10.4. The van der Waals surface area contributed by atoms with E-state index in [9.17, 15) is 9.59 Å². The lowest BCUT2D eigenvalue weighted by Gasteiger charge is -2.08. The summed E-state index contributed by atoms with van der Waals surface area (Å²) in [6.07, 6.45) is -0.331. The average molecular weight is 241 g/mol. The van der Waals surface area contributed by atoms with Crippen LogP contribution in [0.1, 0.15) is 24.7 Å². The third-order valence-electron chi connectivity index (χ3n) is 2.64. The van der Waals surface area contributed by atoms with Crippen LogP contribution in [0.2, 0.25) is 0 Å². The number of rotatable bonds is 5. The van der Waals surface area contributed by atoms with Gasteiger partial charge >= 0.3 is 5.69 Å². The Morgan fingerprint density at radius 2 is 2.18 bits per heavy atom. The number of H-pyrrole nitrogens is 1. The number of carbonyl (C=O) groups is 1. The maximum atomic E-state index is 11.5. The maximum Gasteiger partial charge on any atom is 0.325 e. The molecule has 6 nitrogen and oxygen atoms in total. The molecule has 96 valence electrons. The largest absolute Gasteiger partial charge is 0.392 e. The van der Waals surface area contributed by atoms with E-state index in [4.69, 9.17) is 5.11 Å². The molecule has 0 spiro atoms. The normalized spacial score (nSPS) is 12.5. The molecule has 3 N–H and O–H groups in total. The van der Waals surface area contributed by atoms with Gasteiger partial charge in [0.15, 0.2) is 0 Å². The SMILES string of the molecule is Cc1[nH]c(=O)n(CCC(=O)NCC(C)O)c1C. The molecule has 0 aliphatic rings. The number of aliphatic hydroxyl groups excluding tert-OH is 1. The summed E-state index contributed by atoms with van der Waals surface area (Å²) >= 11 is 0. The topological polar surface area (TPSA) is 87.1 Å². The van der Waals surface area contributed by atoms with Gasteiger partial charge in [-0.05, 0) is 20.8 Å². The molecular formula is C11H19N3O3. The fourth-order valence-corrected chi connectivity index (χ4v) is 1.51. The molecule has 6 heteroatoms. The Labute approximate surface area is 99.7 Å². The van der Waals surface area contributed by atoms with Crippen LogP contribution < -0.4 is 11.0 Å². The summed E-state index contributed by atoms with van der Waals surface area (Å²) in [7, 11) is 0. The van der Waals surface area contributed by atoms with Gasteiger partial charge in [0.05, 0.1) is 6.10 Å². The summed E-state index contributed by atoms with van der Waals surface area (Å²) in [6.45, 7) is 5.84. The molecule has 1 rings (SSSR count). The first-order chi connectivity index (χ1) is 7.91. The van der Waals surface area contributed by atoms with Crippen molar-refractivity contribution in [3.05, 3.63) is 21.9 Å². The first-order valence-corrected chi connectivity index (χ1v) is 5.62. The first kappa shape index (κ1) is 13.5. The molecule has 17 heavy (non-hydrogen) atoms. The van der Waals surface area contributed by atoms with Crippen molar-refractivity contribution in [1.82, 2.24) is 14.9 Å². The van der Waals surface area contributed by atoms with Crippen molar-refractivity contribution in [2.45, 2.75) is 39.8 Å². The molecule has 1 heterocycles. The quantitative estimate of drug-likeness (QED) is 0.660. The number of aryl methyl sites for hydroxylation is 1. The second-order valence-electron chi connectivity index (χ2n) is 4.20. The molecule has 1 atom stereocenters. The Bertz CT molecular complexity index is 445. The molecule has 0 aliphatic heterocycles. The van der Waals surface area contributed by atoms with Crippen molar-refractivity contribution < 1.29 is 9.90 Å². The number of nitrogens with zero attached hydrogens (tertiary/aromatic N) is 1. The highest BCUT2D eigenvalue weighted by molar-refractivity contribution is 5.75. The van der Waals surface area contributed by atoms with Gasteiger partial charge in [0.1, 0.15) is 0 Å². The minimum atomic E-state index is -0.557. The Morgan fingerprint density at radius 3 is 2.65 bits per heavy atom. The minimum absolute atomic E-state index is 0.170. The molecule has 0 fully saturated rings. The number of aliphatic hydroxyl groups is 1. The second-order valence-corrected chi connectivity index (χ2v) is 4.20. The smallest absolute Gasteiger partial charge is 0.325 e. The van der Waals surface area contributed by atoms with Gasteiger partial charge in [-0.1, -0.05) is 0 Å². The highest BCUT2D eigenvalue weighted by atomic mass is 16.3. The number of amides is 1. The van der Waals surface area contributed by atoms with E-state index < -0.39 is 6.10 Å². The van der Waals surface area contributed by atoms with Crippen molar-refractivity contribution in [2.75, 3.05) is 6.54 Å². The number of hydrogen-bond acceptors (Lipinski definition) is 3. The standard InChI is InChI=1S/C11H19N3O3/c1-7(15)6-12-10(16)4-5-14-9(3)8(2)13-11(14)17/h7,15H,4-6H2,1-3H3,(H,12,16)(H,13,17). The van der Waals surface area contributed by atoms with Crippen LogP contribution in [0, 0.1) is 13.8 Å². The lowest BCUT2D eigenvalue weighted by molar-refractivity contribution is -0.121. The monoisotopic (exact) mass is 241 g/mol. The molecule has 0 bridgehead atoms. The van der Waals surface area contributed by atoms with E-state index in [1.165, 1.54) is 4.57 Å². The second kappa shape index (κ2) is 5.67. The van der Waals surface area contributed by atoms with Crippen LogP contribution in [-0.4, -0.2) is 33.2 Å². The van der Waals surface area contributed by atoms with Crippen molar-refractivity contribution in [3.63, 3.8) is 0 Å². The molecule has 1 amide bonds. The fraction of sp³-hybridized carbons (Fsp3) is 0.636. The van der Waals surface area contributed by atoms with Gasteiger partial charge in [-0.3, -0.25) is 9.36 Å². The van der Waals surface area contributed by atoms with E-state index in [0.717, 1.165) is 11.4 Å². The van der Waals surface area contributed by atoms with Crippen LogP contribution in [0.15, 0.2) is 4.79 Å². The molecule has 0 saturated heterocycles. The third kappa shape index (κ3) is 3.74. The number of aromatic amines is 1. The lowest BCUT2D eigenvalue weighted by atomic mass is 10.3. The Hall–Kier alpha value is -1.56. The van der Waals surface area contributed by atoms with Crippen molar-refractivity contribution in [2.24, 2.45) is 0 Å². The summed E-state index contributed by atoms with van der Waals surface area (Å²) in [5.74, 6) is -0.170. The van der Waals surface area contributed by atoms with Crippen molar-refractivity contribution in [3.8, 4) is 0 Å². The fourth-order valence-electron chi connectivity index (χ4n) is 1.51. The zero-order chi connectivity index (χ0) is 13.0. The number of nitrogens with one attached hydrogen (secondary N) is 2. The highest BCUT2D eigenvalue weighted by Crippen LogP contribution is 2.00. The Morgan fingerprint density at radius 1 is 1.53 bits per heavy atom. The average Bonchev–Trinajstić information content (AvgIpc) is 2.48. The van der Waals surface area contributed by atoms with Crippen molar-refractivity contribution in [1.29, 1.82) is 0 Å². The van der Waals surface area contributed by atoms with Crippen molar-refractivity contribution >= 4 is 5.91 Å². The maximum absolute atomic E-state index is 11.5. The van der Waals surface area contributed by atoms with E-state index in [1.807, 2.05) is 13.8 Å². The van der Waals surface area contributed by atoms with Crippen LogP contribution >= 0.6 is 0 Å². The van der Waals surface area contributed by atoms with Crippen LogP contribution in [-0.2, 0) is 11.3 Å². The van der Waals surface area contributed by atoms with E-state index in [1.54, 1.807) is 6.92 Å². The summed E-state index contributed by atoms with van der Waals surface area (Å²) in [6, 6.07) is 0. The number of carbonyl (C=O) groups excluding carboxylic acids is 1. The summed E-state index contributed by atoms with van der Waals surface area (Å²) in [5, 5.41) is 11.6. The van der Waals surface area contributed by atoms with Gasteiger partial charge in [0.2, 0.25) is 5.91 Å². The van der Waals surface area contributed by atoms with Crippen LogP contribution in [0.25, 0.3) is 0 Å². The summed E-state index contributed by atoms with van der Waals surface area (Å²) < 4.78 is 1.54. The lowest BCUT2D eigenvalue weighted by Crippen LogP contribution is -2.32. The molecule has 0 aliphatic carbocycles. The molecule has 1 aromatic heterocycles. The molecule has 1 aromatic rings. The number of hydrogen-bond donors (Lipinski definition) is 3. The predicted molar refractivity (Wildman–Crippen MR) is 63.8 cm³/mol. The van der Waals surface area contributed by atoms with Crippen LogP contribution in [0.4, 0.5) is 0 Å². The molecule has 0 radical (unpaired) electrons. The number of imidazole rings is 1. The first-order valence-electron chi connectivity index (χ1n) is 5.62. The predicted octanol–water partition coefficient (Wildman–Crippen LogP) is -0.320. The molecule has 0 saturated carbocycles.